The van der Waals surface area contributed by atoms with Gasteiger partial charge < -0.3 is 14.9 Å². The lowest BCUT2D eigenvalue weighted by molar-refractivity contribution is 0.0398. The normalized spacial score (nSPS) is 10.4. The molecule has 0 fully saturated rings. The third-order valence-electron chi connectivity index (χ3n) is 1.93. The number of pyridine rings is 1. The Bertz CT molecular complexity index is 294. The molecule has 3 N–H and O–H groups in total. The van der Waals surface area contributed by atoms with E-state index in [4.69, 9.17) is 15.3 Å². The molecule has 0 radical (unpaired) electrons. The minimum atomic E-state index is 0.477. The number of anilines is 1. The van der Waals surface area contributed by atoms with Crippen LogP contribution in [0.5, 0.6) is 0 Å². The van der Waals surface area contributed by atoms with Crippen molar-refractivity contribution in [2.24, 2.45) is 5.84 Å². The Balaban J connectivity index is 2.16. The number of nitrogens with zero attached hydrogens (tertiary/aromatic N) is 1. The van der Waals surface area contributed by atoms with E-state index in [0.29, 0.717) is 25.6 Å². The van der Waals surface area contributed by atoms with Crippen molar-refractivity contribution in [1.82, 2.24) is 4.98 Å². The Kier molecular flexibility index (Phi) is 6.48. The smallest absolute Gasteiger partial charge is 0.140 e. The zero-order valence-electron chi connectivity index (χ0n) is 9.61. The van der Waals surface area contributed by atoms with E-state index >= 15 is 0 Å². The Morgan fingerprint density at radius 2 is 2.06 bits per heavy atom. The van der Waals surface area contributed by atoms with Gasteiger partial charge in [0, 0.05) is 6.61 Å². The van der Waals surface area contributed by atoms with Gasteiger partial charge in [-0.1, -0.05) is 13.0 Å². The van der Waals surface area contributed by atoms with Crippen molar-refractivity contribution in [3.63, 3.8) is 0 Å². The molecule has 0 unspecified atom stereocenters. The third-order valence-corrected chi connectivity index (χ3v) is 1.93. The molecule has 0 amide bonds. The number of nitrogens with one attached hydrogen (secondary N) is 1. The van der Waals surface area contributed by atoms with Gasteiger partial charge in [-0.05, 0) is 18.6 Å². The molecule has 0 aliphatic carbocycles. The monoisotopic (exact) mass is 225 g/mol. The van der Waals surface area contributed by atoms with Crippen molar-refractivity contribution in [2.45, 2.75) is 20.0 Å². The fourth-order valence-corrected chi connectivity index (χ4v) is 1.18. The van der Waals surface area contributed by atoms with Gasteiger partial charge in [0.25, 0.3) is 0 Å². The van der Waals surface area contributed by atoms with Crippen molar-refractivity contribution >= 4 is 5.82 Å². The number of ether oxygens (including phenoxy) is 2. The molecule has 0 saturated carbocycles. The fourth-order valence-electron chi connectivity index (χ4n) is 1.18. The summed E-state index contributed by atoms with van der Waals surface area (Å²) in [6.45, 7) is 4.56. The second-order valence-electron chi connectivity index (χ2n) is 3.32. The van der Waals surface area contributed by atoms with Gasteiger partial charge in [0.05, 0.1) is 25.5 Å². The van der Waals surface area contributed by atoms with E-state index in [9.17, 15) is 0 Å². The zero-order chi connectivity index (χ0) is 11.6. The second kappa shape index (κ2) is 8.04. The van der Waals surface area contributed by atoms with Crippen LogP contribution in [0.15, 0.2) is 18.2 Å². The molecule has 0 aliphatic heterocycles. The number of nitrogen functional groups attached to an aromatic ring is 1. The van der Waals surface area contributed by atoms with Gasteiger partial charge in [-0.25, -0.2) is 10.8 Å². The number of nitrogens with two attached hydrogens (primary N) is 1. The Morgan fingerprint density at radius 3 is 2.81 bits per heavy atom. The Hall–Kier alpha value is -1.17. The summed E-state index contributed by atoms with van der Waals surface area (Å²) >= 11 is 0. The van der Waals surface area contributed by atoms with Crippen LogP contribution >= 0.6 is 0 Å². The van der Waals surface area contributed by atoms with Gasteiger partial charge in [-0.2, -0.15) is 0 Å². The van der Waals surface area contributed by atoms with Crippen LogP contribution in [0.1, 0.15) is 19.0 Å². The Labute approximate surface area is 95.9 Å². The Morgan fingerprint density at radius 1 is 1.25 bits per heavy atom. The summed E-state index contributed by atoms with van der Waals surface area (Å²) < 4.78 is 10.7. The molecule has 0 atom stereocenters. The van der Waals surface area contributed by atoms with Crippen molar-refractivity contribution in [1.29, 1.82) is 0 Å². The standard InChI is InChI=1S/C11H19N3O2/c1-2-6-15-7-8-16-9-10-4-3-5-11(13-10)14-12/h3-5H,2,6-9,12H2,1H3,(H,13,14). The highest BCUT2D eigenvalue weighted by atomic mass is 16.5. The van der Waals surface area contributed by atoms with E-state index in [-0.39, 0.29) is 0 Å². The van der Waals surface area contributed by atoms with Crippen LogP contribution < -0.4 is 11.3 Å². The summed E-state index contributed by atoms with van der Waals surface area (Å²) in [5.41, 5.74) is 3.35. The number of aromatic nitrogens is 1. The highest BCUT2D eigenvalue weighted by Crippen LogP contribution is 2.04. The molecule has 16 heavy (non-hydrogen) atoms. The highest BCUT2D eigenvalue weighted by Gasteiger charge is 1.96. The molecule has 5 heteroatoms. The first kappa shape index (κ1) is 12.9. The maximum absolute atomic E-state index is 5.41. The molecule has 5 nitrogen and oxygen atoms in total. The summed E-state index contributed by atoms with van der Waals surface area (Å²) in [5, 5.41) is 0. The van der Waals surface area contributed by atoms with E-state index < -0.39 is 0 Å². The summed E-state index contributed by atoms with van der Waals surface area (Å²) in [6, 6.07) is 5.58. The van der Waals surface area contributed by atoms with Crippen LogP contribution in [0.2, 0.25) is 0 Å². The maximum Gasteiger partial charge on any atom is 0.140 e. The zero-order valence-corrected chi connectivity index (χ0v) is 9.61. The van der Waals surface area contributed by atoms with E-state index in [2.05, 4.69) is 17.3 Å². The number of hydrogen-bond donors (Lipinski definition) is 2. The minimum Gasteiger partial charge on any atom is -0.379 e. The molecule has 0 aliphatic rings. The van der Waals surface area contributed by atoms with E-state index in [0.717, 1.165) is 18.7 Å². The largest absolute Gasteiger partial charge is 0.379 e. The molecule has 1 heterocycles. The predicted octanol–water partition coefficient (Wildman–Crippen LogP) is 1.31. The van der Waals surface area contributed by atoms with Crippen molar-refractivity contribution < 1.29 is 9.47 Å². The highest BCUT2D eigenvalue weighted by molar-refractivity contribution is 5.33. The van der Waals surface area contributed by atoms with Crippen molar-refractivity contribution in [3.05, 3.63) is 23.9 Å². The van der Waals surface area contributed by atoms with Crippen molar-refractivity contribution in [3.8, 4) is 0 Å². The molecule has 1 rings (SSSR count). The molecular formula is C11H19N3O2. The van der Waals surface area contributed by atoms with Gasteiger partial charge >= 0.3 is 0 Å². The summed E-state index contributed by atoms with van der Waals surface area (Å²) in [5.74, 6) is 5.90. The topological polar surface area (TPSA) is 69.4 Å². The van der Waals surface area contributed by atoms with Crippen LogP contribution in [-0.4, -0.2) is 24.8 Å². The summed E-state index contributed by atoms with van der Waals surface area (Å²) in [4.78, 5) is 4.22. The third kappa shape index (κ3) is 5.06. The van der Waals surface area contributed by atoms with Crippen LogP contribution in [0.25, 0.3) is 0 Å². The van der Waals surface area contributed by atoms with Gasteiger partial charge in [0.1, 0.15) is 5.82 Å². The lowest BCUT2D eigenvalue weighted by atomic mass is 10.3. The van der Waals surface area contributed by atoms with Gasteiger partial charge in [-0.3, -0.25) is 0 Å². The first-order valence-electron chi connectivity index (χ1n) is 5.45. The predicted molar refractivity (Wildman–Crippen MR) is 62.8 cm³/mol. The van der Waals surface area contributed by atoms with Gasteiger partial charge in [0.2, 0.25) is 0 Å². The number of hydrogen-bond acceptors (Lipinski definition) is 5. The SMILES string of the molecule is CCCOCCOCc1cccc(NN)n1. The average Bonchev–Trinajstić information content (AvgIpc) is 2.34. The molecule has 0 bridgehead atoms. The van der Waals surface area contributed by atoms with E-state index in [1.54, 1.807) is 6.07 Å². The van der Waals surface area contributed by atoms with Crippen LogP contribution in [0.4, 0.5) is 5.82 Å². The molecule has 0 spiro atoms. The quantitative estimate of drug-likeness (QED) is 0.396. The van der Waals surface area contributed by atoms with Gasteiger partial charge in [0.15, 0.2) is 0 Å². The first-order chi connectivity index (χ1) is 7.86. The molecular weight excluding hydrogens is 206 g/mol. The molecule has 0 aromatic carbocycles. The number of rotatable bonds is 8. The lowest BCUT2D eigenvalue weighted by Crippen LogP contribution is -2.10. The minimum absolute atomic E-state index is 0.477. The van der Waals surface area contributed by atoms with E-state index in [1.165, 1.54) is 0 Å². The van der Waals surface area contributed by atoms with E-state index in [1.807, 2.05) is 12.1 Å². The summed E-state index contributed by atoms with van der Waals surface area (Å²) in [7, 11) is 0. The van der Waals surface area contributed by atoms with Crippen LogP contribution in [-0.2, 0) is 16.1 Å². The van der Waals surface area contributed by atoms with Crippen molar-refractivity contribution in [2.75, 3.05) is 25.2 Å². The molecule has 90 valence electrons. The fraction of sp³-hybridized carbons (Fsp3) is 0.545. The van der Waals surface area contributed by atoms with Crippen LogP contribution in [0.3, 0.4) is 0 Å². The second-order valence-corrected chi connectivity index (χ2v) is 3.32. The molecule has 0 saturated heterocycles. The first-order valence-corrected chi connectivity index (χ1v) is 5.45. The maximum atomic E-state index is 5.41. The lowest BCUT2D eigenvalue weighted by Gasteiger charge is -2.05. The van der Waals surface area contributed by atoms with Gasteiger partial charge in [-0.15, -0.1) is 0 Å². The molecule has 1 aromatic rings. The average molecular weight is 225 g/mol. The van der Waals surface area contributed by atoms with Crippen LogP contribution in [0, 0.1) is 0 Å². The number of hydrazine groups is 1. The summed E-state index contributed by atoms with van der Waals surface area (Å²) in [6.07, 6.45) is 1.03. The molecule has 1 aromatic heterocycles.